The molecule has 0 saturated carbocycles. The number of aromatic nitrogens is 2. The van der Waals surface area contributed by atoms with E-state index in [4.69, 9.17) is 11.6 Å². The van der Waals surface area contributed by atoms with Crippen LogP contribution >= 0.6 is 23.4 Å². The summed E-state index contributed by atoms with van der Waals surface area (Å²) in [6.07, 6.45) is 4.02. The van der Waals surface area contributed by atoms with E-state index in [0.717, 1.165) is 30.2 Å². The van der Waals surface area contributed by atoms with Crippen molar-refractivity contribution in [3.63, 3.8) is 0 Å². The fourth-order valence-corrected chi connectivity index (χ4v) is 2.45. The Balaban J connectivity index is 2.88. The lowest BCUT2D eigenvalue weighted by molar-refractivity contribution is 0.739. The Bertz CT molecular complexity index is 360. The highest BCUT2D eigenvalue weighted by Gasteiger charge is 2.12. The molecule has 1 aromatic rings. The van der Waals surface area contributed by atoms with E-state index in [-0.39, 0.29) is 0 Å². The van der Waals surface area contributed by atoms with Gasteiger partial charge < -0.3 is 4.90 Å². The number of anilines is 1. The molecule has 1 rings (SSSR count). The number of rotatable bonds is 6. The van der Waals surface area contributed by atoms with E-state index in [2.05, 4.69) is 42.0 Å². The molecule has 0 aliphatic heterocycles. The molecule has 1 unspecified atom stereocenters. The van der Waals surface area contributed by atoms with Crippen molar-refractivity contribution in [3.8, 4) is 0 Å². The van der Waals surface area contributed by atoms with Crippen LogP contribution < -0.4 is 4.90 Å². The van der Waals surface area contributed by atoms with E-state index in [1.807, 2.05) is 17.8 Å². The SMILES string of the molecule is CCCc1nc(Cl)cc(N(C)C(C)CSC)n1. The molecule has 5 heteroatoms. The van der Waals surface area contributed by atoms with E-state index in [1.54, 1.807) is 0 Å². The fourth-order valence-electron chi connectivity index (χ4n) is 1.55. The van der Waals surface area contributed by atoms with Crippen molar-refractivity contribution in [3.05, 3.63) is 17.0 Å². The minimum Gasteiger partial charge on any atom is -0.356 e. The molecule has 17 heavy (non-hydrogen) atoms. The summed E-state index contributed by atoms with van der Waals surface area (Å²) in [5, 5.41) is 0.529. The lowest BCUT2D eigenvalue weighted by Crippen LogP contribution is -2.31. The molecule has 0 aliphatic carbocycles. The predicted octanol–water partition coefficient (Wildman–Crippen LogP) is 3.27. The zero-order valence-corrected chi connectivity index (χ0v) is 12.5. The Kier molecular flexibility index (Phi) is 6.06. The van der Waals surface area contributed by atoms with Crippen molar-refractivity contribution >= 4 is 29.2 Å². The Morgan fingerprint density at radius 1 is 1.47 bits per heavy atom. The molecule has 0 saturated heterocycles. The number of halogens is 1. The van der Waals surface area contributed by atoms with Gasteiger partial charge in [0.1, 0.15) is 16.8 Å². The first-order valence-electron chi connectivity index (χ1n) is 5.83. The minimum atomic E-state index is 0.436. The van der Waals surface area contributed by atoms with Gasteiger partial charge in [0.05, 0.1) is 0 Å². The first kappa shape index (κ1) is 14.6. The lowest BCUT2D eigenvalue weighted by atomic mass is 10.3. The third-order valence-corrected chi connectivity index (χ3v) is 3.64. The number of nitrogens with zero attached hydrogens (tertiary/aromatic N) is 3. The zero-order valence-electron chi connectivity index (χ0n) is 10.9. The van der Waals surface area contributed by atoms with Gasteiger partial charge in [-0.15, -0.1) is 0 Å². The summed E-state index contributed by atoms with van der Waals surface area (Å²) in [5.74, 6) is 2.81. The van der Waals surface area contributed by atoms with E-state index >= 15 is 0 Å². The van der Waals surface area contributed by atoms with Gasteiger partial charge in [0.25, 0.3) is 0 Å². The number of thioether (sulfide) groups is 1. The maximum atomic E-state index is 6.03. The molecule has 1 heterocycles. The number of aryl methyl sites for hydroxylation is 1. The molecule has 0 aromatic carbocycles. The second-order valence-corrected chi connectivity index (χ2v) is 5.43. The zero-order chi connectivity index (χ0) is 12.8. The van der Waals surface area contributed by atoms with Gasteiger partial charge in [0.15, 0.2) is 0 Å². The summed E-state index contributed by atoms with van der Waals surface area (Å²) >= 11 is 7.86. The van der Waals surface area contributed by atoms with Gasteiger partial charge in [-0.25, -0.2) is 9.97 Å². The molecule has 96 valence electrons. The van der Waals surface area contributed by atoms with Crippen LogP contribution in [0.3, 0.4) is 0 Å². The fraction of sp³-hybridized carbons (Fsp3) is 0.667. The highest BCUT2D eigenvalue weighted by Crippen LogP contribution is 2.18. The van der Waals surface area contributed by atoms with Crippen LogP contribution in [0.1, 0.15) is 26.1 Å². The van der Waals surface area contributed by atoms with Crippen LogP contribution in [-0.2, 0) is 6.42 Å². The maximum absolute atomic E-state index is 6.03. The highest BCUT2D eigenvalue weighted by molar-refractivity contribution is 7.98. The van der Waals surface area contributed by atoms with Crippen LogP contribution in [0.15, 0.2) is 6.07 Å². The molecule has 0 fully saturated rings. The predicted molar refractivity (Wildman–Crippen MR) is 77.3 cm³/mol. The Morgan fingerprint density at radius 2 is 2.18 bits per heavy atom. The highest BCUT2D eigenvalue weighted by atomic mass is 35.5. The monoisotopic (exact) mass is 273 g/mol. The van der Waals surface area contributed by atoms with Crippen molar-refractivity contribution in [1.29, 1.82) is 0 Å². The molecule has 0 N–H and O–H groups in total. The molecule has 1 aromatic heterocycles. The van der Waals surface area contributed by atoms with Gasteiger partial charge in [-0.2, -0.15) is 11.8 Å². The number of hydrogen-bond acceptors (Lipinski definition) is 4. The van der Waals surface area contributed by atoms with E-state index < -0.39 is 0 Å². The van der Waals surface area contributed by atoms with Crippen LogP contribution in [0.4, 0.5) is 5.82 Å². The van der Waals surface area contributed by atoms with Crippen LogP contribution in [-0.4, -0.2) is 35.1 Å². The van der Waals surface area contributed by atoms with Crippen LogP contribution in [0.2, 0.25) is 5.15 Å². The van der Waals surface area contributed by atoms with Crippen molar-refractivity contribution in [1.82, 2.24) is 9.97 Å². The molecular weight excluding hydrogens is 254 g/mol. The Labute approximate surface area is 113 Å². The van der Waals surface area contributed by atoms with E-state index in [9.17, 15) is 0 Å². The summed E-state index contributed by atoms with van der Waals surface area (Å²) < 4.78 is 0. The van der Waals surface area contributed by atoms with Crippen molar-refractivity contribution in [2.75, 3.05) is 24.0 Å². The molecular formula is C12H20ClN3S. The second-order valence-electron chi connectivity index (χ2n) is 4.13. The summed E-state index contributed by atoms with van der Waals surface area (Å²) in [6.45, 7) is 4.30. The topological polar surface area (TPSA) is 29.0 Å². The van der Waals surface area contributed by atoms with Crippen LogP contribution in [0.5, 0.6) is 0 Å². The first-order valence-corrected chi connectivity index (χ1v) is 7.60. The quantitative estimate of drug-likeness (QED) is 0.744. The van der Waals surface area contributed by atoms with E-state index in [1.165, 1.54) is 0 Å². The molecule has 0 aliphatic rings. The molecule has 0 amide bonds. The molecule has 0 bridgehead atoms. The molecule has 0 radical (unpaired) electrons. The van der Waals surface area contributed by atoms with E-state index in [0.29, 0.717) is 11.2 Å². The summed E-state index contributed by atoms with van der Waals surface area (Å²) in [6, 6.07) is 2.27. The van der Waals surface area contributed by atoms with Crippen LogP contribution in [0, 0.1) is 0 Å². The molecule has 1 atom stereocenters. The minimum absolute atomic E-state index is 0.436. The van der Waals surface area contributed by atoms with Gasteiger partial charge in [-0.3, -0.25) is 0 Å². The van der Waals surface area contributed by atoms with Crippen molar-refractivity contribution < 1.29 is 0 Å². The van der Waals surface area contributed by atoms with Gasteiger partial charge in [0, 0.05) is 31.3 Å². The Hall–Kier alpha value is -0.480. The maximum Gasteiger partial charge on any atom is 0.134 e. The smallest absolute Gasteiger partial charge is 0.134 e. The summed E-state index contributed by atoms with van der Waals surface area (Å²) in [7, 11) is 2.05. The summed E-state index contributed by atoms with van der Waals surface area (Å²) in [5.41, 5.74) is 0. The molecule has 3 nitrogen and oxygen atoms in total. The lowest BCUT2D eigenvalue weighted by Gasteiger charge is -2.25. The average molecular weight is 274 g/mol. The number of hydrogen-bond donors (Lipinski definition) is 0. The average Bonchev–Trinajstić information content (AvgIpc) is 2.28. The normalized spacial score (nSPS) is 12.5. The van der Waals surface area contributed by atoms with Crippen molar-refractivity contribution in [2.24, 2.45) is 0 Å². The van der Waals surface area contributed by atoms with Crippen LogP contribution in [0.25, 0.3) is 0 Å². The van der Waals surface area contributed by atoms with Crippen molar-refractivity contribution in [2.45, 2.75) is 32.7 Å². The van der Waals surface area contributed by atoms with Gasteiger partial charge >= 0.3 is 0 Å². The third-order valence-electron chi connectivity index (χ3n) is 2.63. The largest absolute Gasteiger partial charge is 0.356 e. The summed E-state index contributed by atoms with van der Waals surface area (Å²) in [4.78, 5) is 10.9. The van der Waals surface area contributed by atoms with Gasteiger partial charge in [-0.1, -0.05) is 18.5 Å². The third kappa shape index (κ3) is 4.36. The Morgan fingerprint density at radius 3 is 2.76 bits per heavy atom. The molecule has 0 spiro atoms. The first-order chi connectivity index (χ1) is 8.08. The second kappa shape index (κ2) is 7.07. The standard InChI is InChI=1S/C12H20ClN3S/c1-5-6-11-14-10(13)7-12(15-11)16(3)9(2)8-17-4/h7,9H,5-6,8H2,1-4H3. The van der Waals surface area contributed by atoms with Gasteiger partial charge in [-0.05, 0) is 19.6 Å². The van der Waals surface area contributed by atoms with Gasteiger partial charge in [0.2, 0.25) is 0 Å².